The number of hydrogen-bond acceptors (Lipinski definition) is 4. The number of fused-ring (bicyclic) bond motifs is 3. The number of benzene rings is 2. The van der Waals surface area contributed by atoms with Crippen molar-refractivity contribution in [2.24, 2.45) is 0 Å². The monoisotopic (exact) mass is 430 g/mol. The van der Waals surface area contributed by atoms with E-state index in [1.54, 1.807) is 11.8 Å². The van der Waals surface area contributed by atoms with Crippen LogP contribution in [-0.2, 0) is 6.42 Å². The summed E-state index contributed by atoms with van der Waals surface area (Å²) < 4.78 is 0. The average Bonchev–Trinajstić information content (AvgIpc) is 2.81. The van der Waals surface area contributed by atoms with Gasteiger partial charge in [-0.3, -0.25) is 4.79 Å². The van der Waals surface area contributed by atoms with E-state index in [2.05, 4.69) is 28.2 Å². The fraction of sp³-hybridized carbons (Fsp3) is 0.308. The number of aromatic nitrogens is 2. The molecule has 2 aromatic heterocycles. The number of rotatable bonds is 4. The van der Waals surface area contributed by atoms with E-state index in [1.165, 1.54) is 0 Å². The maximum absolute atomic E-state index is 13.6. The first-order valence-electron chi connectivity index (χ1n) is 10.9. The molecule has 31 heavy (non-hydrogen) atoms. The average molecular weight is 431 g/mol. The maximum atomic E-state index is 13.6. The second kappa shape index (κ2) is 8.48. The van der Waals surface area contributed by atoms with Crippen LogP contribution < -0.4 is 5.43 Å². The summed E-state index contributed by atoms with van der Waals surface area (Å²) in [5.74, 6) is -0.0832. The highest BCUT2D eigenvalue weighted by atomic mass is 32.2. The van der Waals surface area contributed by atoms with E-state index < -0.39 is 6.10 Å². The molecule has 1 aliphatic carbocycles. The fourth-order valence-electron chi connectivity index (χ4n) is 4.91. The highest BCUT2D eigenvalue weighted by Gasteiger charge is 2.27. The number of pyridine rings is 2. The van der Waals surface area contributed by atoms with Gasteiger partial charge in [0, 0.05) is 34.6 Å². The summed E-state index contributed by atoms with van der Waals surface area (Å²) in [7, 11) is 0. The molecule has 1 aliphatic rings. The zero-order valence-corrected chi connectivity index (χ0v) is 18.4. The molecule has 2 N–H and O–H groups in total. The second-order valence-electron chi connectivity index (χ2n) is 8.42. The Hall–Kier alpha value is -2.63. The molecule has 4 aromatic rings. The Kier molecular flexibility index (Phi) is 5.55. The SMILES string of the molecule is CSc1ccc(Cc2cc3c(=O)c(C4CCCCC4O)c[nH]c3c3ccccc23)cn1. The highest BCUT2D eigenvalue weighted by molar-refractivity contribution is 7.98. The fourth-order valence-corrected chi connectivity index (χ4v) is 5.27. The molecule has 5 heteroatoms. The van der Waals surface area contributed by atoms with Crippen LogP contribution in [0.2, 0.25) is 0 Å². The van der Waals surface area contributed by atoms with E-state index in [0.29, 0.717) is 17.4 Å². The molecule has 4 nitrogen and oxygen atoms in total. The highest BCUT2D eigenvalue weighted by Crippen LogP contribution is 2.33. The van der Waals surface area contributed by atoms with Gasteiger partial charge < -0.3 is 10.1 Å². The summed E-state index contributed by atoms with van der Waals surface area (Å²) in [4.78, 5) is 21.5. The van der Waals surface area contributed by atoms with E-state index in [4.69, 9.17) is 0 Å². The van der Waals surface area contributed by atoms with Crippen molar-refractivity contribution in [2.75, 3.05) is 6.26 Å². The number of thioether (sulfide) groups is 1. The number of nitrogens with one attached hydrogen (secondary N) is 1. The number of H-pyrrole nitrogens is 1. The molecule has 0 bridgehead atoms. The van der Waals surface area contributed by atoms with Crippen LogP contribution in [0.5, 0.6) is 0 Å². The van der Waals surface area contributed by atoms with Gasteiger partial charge in [-0.15, -0.1) is 11.8 Å². The summed E-state index contributed by atoms with van der Waals surface area (Å²) in [6.07, 6.45) is 9.77. The summed E-state index contributed by atoms with van der Waals surface area (Å²) in [5, 5.41) is 14.4. The topological polar surface area (TPSA) is 66.0 Å². The summed E-state index contributed by atoms with van der Waals surface area (Å²) in [5.41, 5.74) is 3.87. The van der Waals surface area contributed by atoms with E-state index in [0.717, 1.165) is 58.1 Å². The van der Waals surface area contributed by atoms with Crippen LogP contribution in [0, 0.1) is 0 Å². The predicted molar refractivity (Wildman–Crippen MR) is 128 cm³/mol. The van der Waals surface area contributed by atoms with Crippen LogP contribution >= 0.6 is 11.8 Å². The van der Waals surface area contributed by atoms with Gasteiger partial charge in [-0.1, -0.05) is 43.2 Å². The lowest BCUT2D eigenvalue weighted by molar-refractivity contribution is 0.106. The maximum Gasteiger partial charge on any atom is 0.192 e. The summed E-state index contributed by atoms with van der Waals surface area (Å²) >= 11 is 1.63. The van der Waals surface area contributed by atoms with Gasteiger partial charge >= 0.3 is 0 Å². The Morgan fingerprint density at radius 3 is 2.65 bits per heavy atom. The van der Waals surface area contributed by atoms with Crippen LogP contribution in [0.25, 0.3) is 21.7 Å². The van der Waals surface area contributed by atoms with Crippen LogP contribution in [0.3, 0.4) is 0 Å². The zero-order chi connectivity index (χ0) is 21.4. The van der Waals surface area contributed by atoms with Crippen molar-refractivity contribution in [2.45, 2.75) is 49.2 Å². The van der Waals surface area contributed by atoms with Crippen molar-refractivity contribution in [3.05, 3.63) is 81.8 Å². The molecule has 0 saturated heterocycles. The Balaban J connectivity index is 1.67. The van der Waals surface area contributed by atoms with E-state index in [-0.39, 0.29) is 11.3 Å². The molecule has 0 spiro atoms. The molecule has 1 fully saturated rings. The van der Waals surface area contributed by atoms with Crippen molar-refractivity contribution in [1.29, 1.82) is 0 Å². The summed E-state index contributed by atoms with van der Waals surface area (Å²) in [6, 6.07) is 14.4. The standard InChI is InChI=1S/C26H26N2O2S/c1-31-24-11-10-16(14-27-24)12-17-13-21-25(20-8-3-2-6-18(17)20)28-15-22(26(21)30)19-7-4-5-9-23(19)29/h2-3,6,8,10-11,13-15,19,23,29H,4-5,7,9,12H2,1H3,(H,28,30). The molecule has 5 rings (SSSR count). The van der Waals surface area contributed by atoms with Gasteiger partial charge in [0.15, 0.2) is 5.43 Å². The van der Waals surface area contributed by atoms with Gasteiger partial charge in [-0.2, -0.15) is 0 Å². The third-order valence-corrected chi connectivity index (χ3v) is 7.20. The second-order valence-corrected chi connectivity index (χ2v) is 9.25. The smallest absolute Gasteiger partial charge is 0.192 e. The van der Waals surface area contributed by atoms with Crippen molar-refractivity contribution >= 4 is 33.4 Å². The molecule has 2 atom stereocenters. The zero-order valence-electron chi connectivity index (χ0n) is 17.6. The first-order chi connectivity index (χ1) is 15.2. The first kappa shape index (κ1) is 20.3. The largest absolute Gasteiger partial charge is 0.392 e. The number of hydrogen-bond donors (Lipinski definition) is 2. The molecule has 158 valence electrons. The molecule has 0 aliphatic heterocycles. The molecular formula is C26H26N2O2S. The van der Waals surface area contributed by atoms with Gasteiger partial charge in [0.25, 0.3) is 0 Å². The van der Waals surface area contributed by atoms with Gasteiger partial charge in [-0.25, -0.2) is 4.98 Å². The Morgan fingerprint density at radius 2 is 1.90 bits per heavy atom. The third-order valence-electron chi connectivity index (χ3n) is 6.54. The molecule has 2 heterocycles. The minimum absolute atomic E-state index is 0.0440. The lowest BCUT2D eigenvalue weighted by atomic mass is 9.81. The predicted octanol–water partition coefficient (Wildman–Crippen LogP) is 5.41. The van der Waals surface area contributed by atoms with Gasteiger partial charge in [0.2, 0.25) is 0 Å². The van der Waals surface area contributed by atoms with E-state index in [1.807, 2.05) is 42.9 Å². The van der Waals surface area contributed by atoms with Gasteiger partial charge in [0.05, 0.1) is 16.6 Å². The number of aliphatic hydroxyl groups excluding tert-OH is 1. The van der Waals surface area contributed by atoms with Crippen LogP contribution in [-0.4, -0.2) is 27.4 Å². The normalized spacial score (nSPS) is 19.2. The molecule has 2 unspecified atom stereocenters. The first-order valence-corrected chi connectivity index (χ1v) is 12.1. The number of nitrogens with zero attached hydrogens (tertiary/aromatic N) is 1. The van der Waals surface area contributed by atoms with Gasteiger partial charge in [0.1, 0.15) is 0 Å². The molecular weight excluding hydrogens is 404 g/mol. The van der Waals surface area contributed by atoms with Gasteiger partial charge in [-0.05, 0) is 54.2 Å². The Bertz CT molecular complexity index is 1300. The Morgan fingerprint density at radius 1 is 1.10 bits per heavy atom. The van der Waals surface area contributed by atoms with E-state index >= 15 is 0 Å². The quantitative estimate of drug-likeness (QED) is 0.336. The van der Waals surface area contributed by atoms with Crippen LogP contribution in [0.15, 0.2) is 64.7 Å². The molecule has 0 radical (unpaired) electrons. The van der Waals surface area contributed by atoms with Crippen molar-refractivity contribution in [3.8, 4) is 0 Å². The van der Waals surface area contributed by atoms with Crippen LogP contribution in [0.4, 0.5) is 0 Å². The van der Waals surface area contributed by atoms with Crippen LogP contribution in [0.1, 0.15) is 48.3 Å². The summed E-state index contributed by atoms with van der Waals surface area (Å²) in [6.45, 7) is 0. The molecule has 0 amide bonds. The molecule has 2 aromatic carbocycles. The van der Waals surface area contributed by atoms with Crippen molar-refractivity contribution in [3.63, 3.8) is 0 Å². The lowest BCUT2D eigenvalue weighted by Gasteiger charge is -2.27. The van der Waals surface area contributed by atoms with Crippen molar-refractivity contribution in [1.82, 2.24) is 9.97 Å². The Labute approximate surface area is 185 Å². The van der Waals surface area contributed by atoms with E-state index in [9.17, 15) is 9.90 Å². The minimum atomic E-state index is -0.437. The number of aromatic amines is 1. The lowest BCUT2D eigenvalue weighted by Crippen LogP contribution is -2.27. The molecule has 1 saturated carbocycles. The van der Waals surface area contributed by atoms with Crippen molar-refractivity contribution < 1.29 is 5.11 Å². The number of aliphatic hydroxyl groups is 1. The minimum Gasteiger partial charge on any atom is -0.392 e. The third kappa shape index (κ3) is 3.77.